The number of aromatic nitrogens is 1. The van der Waals surface area contributed by atoms with E-state index < -0.39 is 10.0 Å². The molecule has 0 aliphatic carbocycles. The summed E-state index contributed by atoms with van der Waals surface area (Å²) in [5, 5.41) is 3.22. The minimum atomic E-state index is -3.68. The van der Waals surface area contributed by atoms with Crippen LogP contribution in [-0.2, 0) is 10.0 Å². The molecule has 29 heavy (non-hydrogen) atoms. The standard InChI is InChI=1S/C21H30N4O3S/c1-15(2)14-23-18-11-17(12-19(13-18)29(27,28)24(4)5)21(26)25(6)16(3)20-9-7-8-10-22-20/h7-13,15-16,23H,14H2,1-6H3. The third-order valence-electron chi connectivity index (χ3n) is 4.66. The van der Waals surface area contributed by atoms with Crippen molar-refractivity contribution in [1.29, 1.82) is 0 Å². The fraction of sp³-hybridized carbons (Fsp3) is 0.429. The number of rotatable bonds is 8. The van der Waals surface area contributed by atoms with Gasteiger partial charge in [0.15, 0.2) is 0 Å². The van der Waals surface area contributed by atoms with Crippen LogP contribution < -0.4 is 5.32 Å². The highest BCUT2D eigenvalue weighted by Gasteiger charge is 2.24. The molecular formula is C21H30N4O3S. The molecule has 158 valence electrons. The van der Waals surface area contributed by atoms with Gasteiger partial charge in [0, 0.05) is 45.1 Å². The van der Waals surface area contributed by atoms with Crippen molar-refractivity contribution in [3.05, 3.63) is 53.9 Å². The molecule has 0 aliphatic rings. The minimum Gasteiger partial charge on any atom is -0.385 e. The zero-order valence-electron chi connectivity index (χ0n) is 17.9. The van der Waals surface area contributed by atoms with E-state index in [4.69, 9.17) is 0 Å². The average molecular weight is 419 g/mol. The SMILES string of the molecule is CC(C)CNc1cc(C(=O)N(C)C(C)c2ccccn2)cc(S(=O)(=O)N(C)C)c1. The second kappa shape index (κ2) is 9.37. The van der Waals surface area contributed by atoms with Gasteiger partial charge in [0.25, 0.3) is 5.91 Å². The maximum atomic E-state index is 13.2. The van der Waals surface area contributed by atoms with Crippen LogP contribution in [0.1, 0.15) is 42.9 Å². The first-order chi connectivity index (χ1) is 13.5. The van der Waals surface area contributed by atoms with Gasteiger partial charge in [0.05, 0.1) is 16.6 Å². The van der Waals surface area contributed by atoms with Crippen molar-refractivity contribution >= 4 is 21.6 Å². The van der Waals surface area contributed by atoms with E-state index in [0.717, 1.165) is 10.00 Å². The van der Waals surface area contributed by atoms with E-state index in [-0.39, 0.29) is 16.8 Å². The Morgan fingerprint density at radius 2 is 1.79 bits per heavy atom. The summed E-state index contributed by atoms with van der Waals surface area (Å²) in [5.74, 6) is 0.0988. The first kappa shape index (κ1) is 22.8. The highest BCUT2D eigenvalue weighted by molar-refractivity contribution is 7.89. The number of nitrogens with one attached hydrogen (secondary N) is 1. The Kier molecular flexibility index (Phi) is 7.37. The largest absolute Gasteiger partial charge is 0.385 e. The first-order valence-electron chi connectivity index (χ1n) is 9.53. The molecule has 0 saturated heterocycles. The maximum Gasteiger partial charge on any atom is 0.254 e. The van der Waals surface area contributed by atoms with Gasteiger partial charge in [0.1, 0.15) is 0 Å². The molecule has 7 nitrogen and oxygen atoms in total. The number of pyridine rings is 1. The number of hydrogen-bond donors (Lipinski definition) is 1. The maximum absolute atomic E-state index is 13.2. The molecule has 2 rings (SSSR count). The van der Waals surface area contributed by atoms with Crippen molar-refractivity contribution in [3.8, 4) is 0 Å². The number of anilines is 1. The van der Waals surface area contributed by atoms with E-state index >= 15 is 0 Å². The molecule has 8 heteroatoms. The van der Waals surface area contributed by atoms with Crippen molar-refractivity contribution in [1.82, 2.24) is 14.2 Å². The number of sulfonamides is 1. The summed E-state index contributed by atoms with van der Waals surface area (Å²) in [6, 6.07) is 9.98. The Labute approximate surface area is 173 Å². The quantitative estimate of drug-likeness (QED) is 0.712. The van der Waals surface area contributed by atoms with Crippen LogP contribution in [0.25, 0.3) is 0 Å². The van der Waals surface area contributed by atoms with Crippen LogP contribution in [-0.4, -0.2) is 56.2 Å². The van der Waals surface area contributed by atoms with Crippen LogP contribution in [0.3, 0.4) is 0 Å². The lowest BCUT2D eigenvalue weighted by Gasteiger charge is -2.25. The van der Waals surface area contributed by atoms with E-state index in [1.54, 1.807) is 30.3 Å². The molecule has 1 N–H and O–H groups in total. The van der Waals surface area contributed by atoms with Crippen LogP contribution in [0.5, 0.6) is 0 Å². The number of hydrogen-bond acceptors (Lipinski definition) is 5. The summed E-state index contributed by atoms with van der Waals surface area (Å²) in [6.07, 6.45) is 1.68. The molecule has 0 radical (unpaired) electrons. The van der Waals surface area contributed by atoms with E-state index in [2.05, 4.69) is 24.1 Å². The molecule has 1 amide bonds. The zero-order chi connectivity index (χ0) is 21.8. The van der Waals surface area contributed by atoms with Gasteiger partial charge in [-0.15, -0.1) is 0 Å². The van der Waals surface area contributed by atoms with Gasteiger partial charge in [-0.2, -0.15) is 0 Å². The summed E-state index contributed by atoms with van der Waals surface area (Å²) in [4.78, 5) is 19.1. The Balaban J connectivity index is 2.43. The van der Waals surface area contributed by atoms with Gasteiger partial charge < -0.3 is 10.2 Å². The van der Waals surface area contributed by atoms with Crippen molar-refractivity contribution in [2.45, 2.75) is 31.7 Å². The van der Waals surface area contributed by atoms with Crippen LogP contribution in [0.4, 0.5) is 5.69 Å². The minimum absolute atomic E-state index is 0.0819. The van der Waals surface area contributed by atoms with Crippen molar-refractivity contribution in [2.24, 2.45) is 5.92 Å². The summed E-state index contributed by atoms with van der Waals surface area (Å²) in [5.41, 5.74) is 1.67. The number of nitrogens with zero attached hydrogens (tertiary/aromatic N) is 3. The molecule has 2 aromatic rings. The molecule has 1 atom stereocenters. The van der Waals surface area contributed by atoms with E-state index in [0.29, 0.717) is 23.7 Å². The Morgan fingerprint density at radius 1 is 1.10 bits per heavy atom. The second-order valence-corrected chi connectivity index (χ2v) is 9.81. The van der Waals surface area contributed by atoms with Crippen LogP contribution in [0.2, 0.25) is 0 Å². The molecule has 1 aromatic carbocycles. The molecule has 0 spiro atoms. The summed E-state index contributed by atoms with van der Waals surface area (Å²) in [6.45, 7) is 6.67. The van der Waals surface area contributed by atoms with Gasteiger partial charge in [-0.3, -0.25) is 9.78 Å². The third kappa shape index (κ3) is 5.55. The predicted octanol–water partition coefficient (Wildman–Crippen LogP) is 3.23. The molecule has 0 fully saturated rings. The monoisotopic (exact) mass is 418 g/mol. The molecule has 0 aliphatic heterocycles. The van der Waals surface area contributed by atoms with Crippen LogP contribution in [0.15, 0.2) is 47.5 Å². The molecular weight excluding hydrogens is 388 g/mol. The summed E-state index contributed by atoms with van der Waals surface area (Å²) >= 11 is 0. The average Bonchev–Trinajstić information content (AvgIpc) is 2.70. The van der Waals surface area contributed by atoms with Gasteiger partial charge in [-0.1, -0.05) is 19.9 Å². The Bertz CT molecular complexity index is 944. The number of carbonyl (C=O) groups is 1. The van der Waals surface area contributed by atoms with Crippen molar-refractivity contribution in [3.63, 3.8) is 0 Å². The predicted molar refractivity (Wildman–Crippen MR) is 115 cm³/mol. The molecule has 1 unspecified atom stereocenters. The second-order valence-electron chi connectivity index (χ2n) is 7.65. The smallest absolute Gasteiger partial charge is 0.254 e. The normalized spacial score (nSPS) is 12.8. The fourth-order valence-electron chi connectivity index (χ4n) is 2.71. The highest BCUT2D eigenvalue weighted by Crippen LogP contribution is 2.25. The third-order valence-corrected chi connectivity index (χ3v) is 6.46. The number of benzene rings is 1. The fourth-order valence-corrected chi connectivity index (χ4v) is 3.68. The van der Waals surface area contributed by atoms with Crippen LogP contribution in [0, 0.1) is 5.92 Å². The number of carbonyl (C=O) groups excluding carboxylic acids is 1. The Hall–Kier alpha value is -2.45. The van der Waals surface area contributed by atoms with Gasteiger partial charge in [-0.05, 0) is 43.2 Å². The molecule has 0 bridgehead atoms. The van der Waals surface area contributed by atoms with E-state index in [1.165, 1.54) is 20.2 Å². The zero-order valence-corrected chi connectivity index (χ0v) is 18.7. The van der Waals surface area contributed by atoms with Gasteiger partial charge >= 0.3 is 0 Å². The van der Waals surface area contributed by atoms with Gasteiger partial charge in [-0.25, -0.2) is 12.7 Å². The molecule has 0 saturated carbocycles. The lowest BCUT2D eigenvalue weighted by atomic mass is 10.1. The molecule has 1 heterocycles. The van der Waals surface area contributed by atoms with Crippen molar-refractivity contribution < 1.29 is 13.2 Å². The first-order valence-corrected chi connectivity index (χ1v) is 11.0. The highest BCUT2D eigenvalue weighted by atomic mass is 32.2. The summed E-state index contributed by atoms with van der Waals surface area (Å²) < 4.78 is 26.5. The molecule has 1 aromatic heterocycles. The van der Waals surface area contributed by atoms with E-state index in [9.17, 15) is 13.2 Å². The summed E-state index contributed by atoms with van der Waals surface area (Å²) in [7, 11) is 0.954. The topological polar surface area (TPSA) is 82.6 Å². The lowest BCUT2D eigenvalue weighted by Crippen LogP contribution is -2.30. The van der Waals surface area contributed by atoms with E-state index in [1.807, 2.05) is 25.1 Å². The van der Waals surface area contributed by atoms with Crippen molar-refractivity contribution in [2.75, 3.05) is 33.0 Å². The lowest BCUT2D eigenvalue weighted by molar-refractivity contribution is 0.0739. The van der Waals surface area contributed by atoms with Crippen LogP contribution >= 0.6 is 0 Å². The Morgan fingerprint density at radius 3 is 2.34 bits per heavy atom. The number of amides is 1. The van der Waals surface area contributed by atoms with Gasteiger partial charge in [0.2, 0.25) is 10.0 Å².